The van der Waals surface area contributed by atoms with Gasteiger partial charge in [0.1, 0.15) is 9.84 Å². The largest absolute Gasteiger partial charge is 0.377 e. The van der Waals surface area contributed by atoms with E-state index in [9.17, 15) is 8.42 Å². The van der Waals surface area contributed by atoms with Crippen LogP contribution >= 0.6 is 0 Å². The molecule has 1 fully saturated rings. The van der Waals surface area contributed by atoms with Gasteiger partial charge < -0.3 is 4.74 Å². The average Bonchev–Trinajstić information content (AvgIpc) is 1.85. The lowest BCUT2D eigenvalue weighted by molar-refractivity contribution is 0.0306. The van der Waals surface area contributed by atoms with Crippen molar-refractivity contribution in [3.8, 4) is 0 Å². The van der Waals surface area contributed by atoms with Crippen LogP contribution in [-0.2, 0) is 14.6 Å². The first-order valence-corrected chi connectivity index (χ1v) is 5.93. The van der Waals surface area contributed by atoms with E-state index in [1.54, 1.807) is 0 Å². The van der Waals surface area contributed by atoms with Gasteiger partial charge in [-0.1, -0.05) is 0 Å². The molecule has 0 saturated carbocycles. The standard InChI is InChI=1S/C7H14O3S/c1-11(8,9)6-7-4-2-3-5-10-7/h7H,2-6H2,1H3/t7-/m1/s1. The van der Waals surface area contributed by atoms with Gasteiger partial charge in [0.25, 0.3) is 0 Å². The van der Waals surface area contributed by atoms with Crippen molar-refractivity contribution in [3.63, 3.8) is 0 Å². The quantitative estimate of drug-likeness (QED) is 0.622. The van der Waals surface area contributed by atoms with Gasteiger partial charge >= 0.3 is 0 Å². The highest BCUT2D eigenvalue weighted by molar-refractivity contribution is 7.90. The molecule has 1 rings (SSSR count). The summed E-state index contributed by atoms with van der Waals surface area (Å²) >= 11 is 0. The third-order valence-corrected chi connectivity index (χ3v) is 2.74. The van der Waals surface area contributed by atoms with Crippen molar-refractivity contribution >= 4 is 9.84 Å². The molecule has 0 unspecified atom stereocenters. The Morgan fingerprint density at radius 3 is 2.64 bits per heavy atom. The number of rotatable bonds is 2. The summed E-state index contributed by atoms with van der Waals surface area (Å²) in [6.45, 7) is 0.722. The van der Waals surface area contributed by atoms with E-state index >= 15 is 0 Å². The van der Waals surface area contributed by atoms with Crippen LogP contribution in [-0.4, -0.2) is 33.1 Å². The fourth-order valence-electron chi connectivity index (χ4n) is 1.28. The highest BCUT2D eigenvalue weighted by Gasteiger charge is 2.18. The number of hydrogen-bond acceptors (Lipinski definition) is 3. The fourth-order valence-corrected chi connectivity index (χ4v) is 2.21. The molecule has 0 N–H and O–H groups in total. The predicted molar refractivity (Wildman–Crippen MR) is 43.3 cm³/mol. The van der Waals surface area contributed by atoms with Crippen LogP contribution in [0.15, 0.2) is 0 Å². The van der Waals surface area contributed by atoms with Crippen molar-refractivity contribution in [3.05, 3.63) is 0 Å². The number of hydrogen-bond donors (Lipinski definition) is 0. The number of sulfone groups is 1. The molecule has 0 aromatic rings. The Morgan fingerprint density at radius 1 is 1.45 bits per heavy atom. The minimum Gasteiger partial charge on any atom is -0.377 e. The van der Waals surface area contributed by atoms with Crippen LogP contribution in [0.3, 0.4) is 0 Å². The van der Waals surface area contributed by atoms with E-state index in [2.05, 4.69) is 0 Å². The Bertz CT molecular complexity index is 202. The molecular weight excluding hydrogens is 164 g/mol. The Balaban J connectivity index is 2.36. The summed E-state index contributed by atoms with van der Waals surface area (Å²) in [5.41, 5.74) is 0. The van der Waals surface area contributed by atoms with Crippen LogP contribution in [0.5, 0.6) is 0 Å². The lowest BCUT2D eigenvalue weighted by Crippen LogP contribution is -2.26. The van der Waals surface area contributed by atoms with Crippen molar-refractivity contribution < 1.29 is 13.2 Å². The third kappa shape index (κ3) is 3.72. The van der Waals surface area contributed by atoms with Gasteiger partial charge in [-0.05, 0) is 19.3 Å². The zero-order valence-electron chi connectivity index (χ0n) is 6.75. The van der Waals surface area contributed by atoms with Gasteiger partial charge in [-0.25, -0.2) is 8.42 Å². The summed E-state index contributed by atoms with van der Waals surface area (Å²) in [6.07, 6.45) is 4.28. The molecule has 0 spiro atoms. The molecule has 4 heteroatoms. The van der Waals surface area contributed by atoms with Crippen LogP contribution in [0.2, 0.25) is 0 Å². The Labute approximate surface area is 67.7 Å². The predicted octanol–water partition coefficient (Wildman–Crippen LogP) is 0.600. The van der Waals surface area contributed by atoms with Crippen LogP contribution < -0.4 is 0 Å². The third-order valence-electron chi connectivity index (χ3n) is 1.76. The van der Waals surface area contributed by atoms with E-state index in [1.165, 1.54) is 6.26 Å². The summed E-state index contributed by atoms with van der Waals surface area (Å²) in [5.74, 6) is 0.188. The van der Waals surface area contributed by atoms with Gasteiger partial charge in [-0.2, -0.15) is 0 Å². The average molecular weight is 178 g/mol. The van der Waals surface area contributed by atoms with Gasteiger partial charge in [-0.3, -0.25) is 0 Å². The van der Waals surface area contributed by atoms with Crippen LogP contribution in [0, 0.1) is 0 Å². The summed E-state index contributed by atoms with van der Waals surface area (Å²) < 4.78 is 26.9. The second kappa shape index (κ2) is 3.54. The molecule has 0 aliphatic carbocycles. The zero-order chi connectivity index (χ0) is 8.32. The second-order valence-electron chi connectivity index (χ2n) is 3.08. The molecular formula is C7H14O3S. The maximum absolute atomic E-state index is 10.8. The maximum atomic E-state index is 10.8. The highest BCUT2D eigenvalue weighted by Crippen LogP contribution is 2.13. The molecule has 66 valence electrons. The Morgan fingerprint density at radius 2 is 2.18 bits per heavy atom. The van der Waals surface area contributed by atoms with Crippen LogP contribution in [0.25, 0.3) is 0 Å². The van der Waals surface area contributed by atoms with E-state index in [0.717, 1.165) is 25.9 Å². The molecule has 0 bridgehead atoms. The molecule has 1 heterocycles. The topological polar surface area (TPSA) is 43.4 Å². The molecule has 0 aromatic carbocycles. The van der Waals surface area contributed by atoms with Gasteiger partial charge in [-0.15, -0.1) is 0 Å². The minimum atomic E-state index is -2.85. The van der Waals surface area contributed by atoms with Gasteiger partial charge in [0.2, 0.25) is 0 Å². The lowest BCUT2D eigenvalue weighted by atomic mass is 10.1. The van der Waals surface area contributed by atoms with Gasteiger partial charge in [0.05, 0.1) is 11.9 Å². The summed E-state index contributed by atoms with van der Waals surface area (Å²) in [4.78, 5) is 0. The van der Waals surface area contributed by atoms with E-state index in [1.807, 2.05) is 0 Å². The first-order valence-electron chi connectivity index (χ1n) is 3.87. The minimum absolute atomic E-state index is 0.0428. The van der Waals surface area contributed by atoms with Gasteiger partial charge in [0, 0.05) is 12.9 Å². The summed E-state index contributed by atoms with van der Waals surface area (Å²) in [5, 5.41) is 0. The number of ether oxygens (including phenoxy) is 1. The normalized spacial score (nSPS) is 26.8. The molecule has 1 aliphatic rings. The van der Waals surface area contributed by atoms with Crippen molar-refractivity contribution in [1.82, 2.24) is 0 Å². The molecule has 1 saturated heterocycles. The SMILES string of the molecule is CS(=O)(=O)C[C@H]1CCCCO1. The summed E-state index contributed by atoms with van der Waals surface area (Å²) in [7, 11) is -2.85. The maximum Gasteiger partial charge on any atom is 0.149 e. The van der Waals surface area contributed by atoms with E-state index in [0.29, 0.717) is 0 Å². The van der Waals surface area contributed by atoms with Crippen LogP contribution in [0.1, 0.15) is 19.3 Å². The van der Waals surface area contributed by atoms with E-state index in [4.69, 9.17) is 4.74 Å². The molecule has 1 atom stereocenters. The Kier molecular flexibility index (Phi) is 2.90. The zero-order valence-corrected chi connectivity index (χ0v) is 7.56. The van der Waals surface area contributed by atoms with Crippen molar-refractivity contribution in [1.29, 1.82) is 0 Å². The van der Waals surface area contributed by atoms with Crippen molar-refractivity contribution in [2.45, 2.75) is 25.4 Å². The fraction of sp³-hybridized carbons (Fsp3) is 1.00. The molecule has 1 aliphatic heterocycles. The smallest absolute Gasteiger partial charge is 0.149 e. The molecule has 0 radical (unpaired) electrons. The van der Waals surface area contributed by atoms with Gasteiger partial charge in [0.15, 0.2) is 0 Å². The van der Waals surface area contributed by atoms with Crippen LogP contribution in [0.4, 0.5) is 0 Å². The molecule has 11 heavy (non-hydrogen) atoms. The monoisotopic (exact) mass is 178 g/mol. The molecule has 3 nitrogen and oxygen atoms in total. The highest BCUT2D eigenvalue weighted by atomic mass is 32.2. The van der Waals surface area contributed by atoms with E-state index in [-0.39, 0.29) is 11.9 Å². The van der Waals surface area contributed by atoms with Crippen molar-refractivity contribution in [2.75, 3.05) is 18.6 Å². The molecule has 0 aromatic heterocycles. The second-order valence-corrected chi connectivity index (χ2v) is 5.27. The molecule has 0 amide bonds. The first kappa shape index (κ1) is 9.00. The first-order chi connectivity index (χ1) is 5.08. The van der Waals surface area contributed by atoms with E-state index < -0.39 is 9.84 Å². The Hall–Kier alpha value is -0.0900. The summed E-state index contributed by atoms with van der Waals surface area (Å²) in [6, 6.07) is 0. The lowest BCUT2D eigenvalue weighted by Gasteiger charge is -2.21. The van der Waals surface area contributed by atoms with Crippen molar-refractivity contribution in [2.24, 2.45) is 0 Å².